The number of esters is 1. The number of unbranched alkanes of at least 4 members (excludes halogenated alkanes) is 15. The number of carbonyl (C=O) groups excluding carboxylic acids is 3. The van der Waals surface area contributed by atoms with Gasteiger partial charge in [0.2, 0.25) is 11.8 Å². The Morgan fingerprint density at radius 2 is 1.17 bits per heavy atom. The van der Waals surface area contributed by atoms with Gasteiger partial charge in [-0.2, -0.15) is 0 Å². The fourth-order valence-electron chi connectivity index (χ4n) is 5.23. The maximum Gasteiger partial charge on any atom is 0.328 e. The van der Waals surface area contributed by atoms with Gasteiger partial charge in [0, 0.05) is 12.8 Å². The molecule has 0 aliphatic rings. The lowest BCUT2D eigenvalue weighted by molar-refractivity contribution is -0.147. The van der Waals surface area contributed by atoms with Gasteiger partial charge in [-0.05, 0) is 51.0 Å². The van der Waals surface area contributed by atoms with Crippen molar-refractivity contribution in [1.82, 2.24) is 10.6 Å². The molecule has 9 heteroatoms. The highest BCUT2D eigenvalue weighted by Crippen LogP contribution is 2.15. The van der Waals surface area contributed by atoms with Gasteiger partial charge in [0.1, 0.15) is 12.1 Å². The number of aliphatic carboxylic acids is 1. The third-order valence-corrected chi connectivity index (χ3v) is 8.14. The summed E-state index contributed by atoms with van der Waals surface area (Å²) in [5, 5.41) is 22.4. The van der Waals surface area contributed by atoms with Gasteiger partial charge in [-0.1, -0.05) is 134 Å². The first-order valence-electron chi connectivity index (χ1n) is 18.9. The molecule has 0 aromatic carbocycles. The maximum absolute atomic E-state index is 12.6. The van der Waals surface area contributed by atoms with Gasteiger partial charge in [0.25, 0.3) is 0 Å². The highest BCUT2D eigenvalue weighted by molar-refractivity contribution is 5.87. The van der Waals surface area contributed by atoms with Crippen molar-refractivity contribution < 1.29 is 34.1 Å². The third-order valence-electron chi connectivity index (χ3n) is 8.14. The van der Waals surface area contributed by atoms with Gasteiger partial charge < -0.3 is 25.6 Å². The standard InChI is InChI=1S/C39H68N2O7/c1-3-5-7-9-11-13-14-15-17-23-27-31-38(45)48-34(28-24-20-16-12-10-8-6-4-2)29-25-21-18-19-22-26-30-36(43)40-32-37(44)41-35(33-42)39(46)47/h6,8,12,16,24,28,34-35,42H,3-5,7,9-11,13-15,17-23,25-27,29-33H2,1-2H3,(H,40,43)(H,41,44)(H,46,47)/b8-6-,16-12-,28-24-. The number of aliphatic hydroxyl groups excluding tert-OH is 1. The average Bonchev–Trinajstić information content (AvgIpc) is 3.07. The van der Waals surface area contributed by atoms with Crippen molar-refractivity contribution >= 4 is 23.8 Å². The number of amides is 2. The zero-order valence-electron chi connectivity index (χ0n) is 30.2. The second-order valence-electron chi connectivity index (χ2n) is 12.6. The molecule has 0 fully saturated rings. The van der Waals surface area contributed by atoms with Crippen LogP contribution in [0.15, 0.2) is 36.5 Å². The monoisotopic (exact) mass is 677 g/mol. The first-order valence-corrected chi connectivity index (χ1v) is 18.9. The zero-order valence-corrected chi connectivity index (χ0v) is 30.2. The van der Waals surface area contributed by atoms with Crippen LogP contribution in [0.2, 0.25) is 0 Å². The van der Waals surface area contributed by atoms with Crippen molar-refractivity contribution in [2.45, 2.75) is 174 Å². The first kappa shape index (κ1) is 45.1. The van der Waals surface area contributed by atoms with Crippen LogP contribution in [0.1, 0.15) is 162 Å². The molecule has 0 aromatic heterocycles. The third kappa shape index (κ3) is 30.4. The van der Waals surface area contributed by atoms with E-state index in [0.717, 1.165) is 70.6 Å². The number of allylic oxidation sites excluding steroid dienone is 5. The van der Waals surface area contributed by atoms with Crippen molar-refractivity contribution in [3.8, 4) is 0 Å². The lowest BCUT2D eigenvalue weighted by Crippen LogP contribution is -2.47. The van der Waals surface area contributed by atoms with E-state index in [0.29, 0.717) is 19.3 Å². The Morgan fingerprint density at radius 3 is 1.73 bits per heavy atom. The Bertz CT molecular complexity index is 916. The van der Waals surface area contributed by atoms with Crippen LogP contribution in [-0.2, 0) is 23.9 Å². The summed E-state index contributed by atoms with van der Waals surface area (Å²) >= 11 is 0. The van der Waals surface area contributed by atoms with E-state index in [9.17, 15) is 19.2 Å². The number of rotatable bonds is 33. The second kappa shape index (κ2) is 33.9. The summed E-state index contributed by atoms with van der Waals surface area (Å²) in [6.07, 6.45) is 36.2. The van der Waals surface area contributed by atoms with Crippen LogP contribution < -0.4 is 10.6 Å². The summed E-state index contributed by atoms with van der Waals surface area (Å²) in [6, 6.07) is -1.38. The number of carboxylic acid groups (broad SMARTS) is 1. The molecule has 0 saturated carbocycles. The van der Waals surface area contributed by atoms with Crippen molar-refractivity contribution in [2.24, 2.45) is 0 Å². The van der Waals surface area contributed by atoms with E-state index in [-0.39, 0.29) is 24.5 Å². The van der Waals surface area contributed by atoms with Crippen molar-refractivity contribution in [1.29, 1.82) is 0 Å². The SMILES string of the molecule is CC/C=C\C/C=C\C/C=C\C(CCCCCCCCC(=O)NCC(=O)NC(CO)C(=O)O)OC(=O)CCCCCCCCCCCCC. The smallest absolute Gasteiger partial charge is 0.328 e. The van der Waals surface area contributed by atoms with Gasteiger partial charge in [0.05, 0.1) is 13.2 Å². The Kier molecular flexibility index (Phi) is 31.9. The molecule has 4 N–H and O–H groups in total. The Morgan fingerprint density at radius 1 is 0.646 bits per heavy atom. The van der Waals surface area contributed by atoms with Gasteiger partial charge in [-0.15, -0.1) is 0 Å². The predicted octanol–water partition coefficient (Wildman–Crippen LogP) is 8.26. The molecule has 9 nitrogen and oxygen atoms in total. The van der Waals surface area contributed by atoms with Gasteiger partial charge in [-0.25, -0.2) is 4.79 Å². The van der Waals surface area contributed by atoms with Crippen LogP contribution >= 0.6 is 0 Å². The summed E-state index contributed by atoms with van der Waals surface area (Å²) in [5.41, 5.74) is 0. The minimum atomic E-state index is -1.38. The number of ether oxygens (including phenoxy) is 1. The fourth-order valence-corrected chi connectivity index (χ4v) is 5.23. The quantitative estimate of drug-likeness (QED) is 0.0311. The van der Waals surface area contributed by atoms with E-state index in [1.54, 1.807) is 0 Å². The molecule has 0 bridgehead atoms. The summed E-state index contributed by atoms with van der Waals surface area (Å²) < 4.78 is 5.88. The molecule has 0 rings (SSSR count). The predicted molar refractivity (Wildman–Crippen MR) is 195 cm³/mol. The molecular formula is C39H68N2O7. The van der Waals surface area contributed by atoms with E-state index in [2.05, 4.69) is 54.9 Å². The first-order chi connectivity index (χ1) is 23.3. The van der Waals surface area contributed by atoms with Gasteiger partial charge >= 0.3 is 11.9 Å². The van der Waals surface area contributed by atoms with Crippen molar-refractivity contribution in [3.63, 3.8) is 0 Å². The number of carbonyl (C=O) groups is 4. The molecule has 0 radical (unpaired) electrons. The lowest BCUT2D eigenvalue weighted by atomic mass is 10.0. The summed E-state index contributed by atoms with van der Waals surface area (Å²) in [7, 11) is 0. The molecule has 0 aromatic rings. The second-order valence-corrected chi connectivity index (χ2v) is 12.6. The molecule has 48 heavy (non-hydrogen) atoms. The Hall–Kier alpha value is -2.94. The molecule has 0 aliphatic heterocycles. The molecular weight excluding hydrogens is 608 g/mol. The average molecular weight is 677 g/mol. The van der Waals surface area contributed by atoms with Crippen molar-refractivity contribution in [3.05, 3.63) is 36.5 Å². The van der Waals surface area contributed by atoms with Gasteiger partial charge in [0.15, 0.2) is 0 Å². The summed E-state index contributed by atoms with van der Waals surface area (Å²) in [5.74, 6) is -2.36. The minimum absolute atomic E-state index is 0.105. The van der Waals surface area contributed by atoms with Crippen LogP contribution in [0.4, 0.5) is 0 Å². The fraction of sp³-hybridized carbons (Fsp3) is 0.744. The number of carboxylic acids is 1. The Labute approximate surface area is 291 Å². The van der Waals surface area contributed by atoms with Crippen molar-refractivity contribution in [2.75, 3.05) is 13.2 Å². The van der Waals surface area contributed by atoms with Crippen LogP contribution in [0, 0.1) is 0 Å². The van der Waals surface area contributed by atoms with Crippen LogP contribution in [0.5, 0.6) is 0 Å². The largest absolute Gasteiger partial charge is 0.480 e. The molecule has 276 valence electrons. The van der Waals surface area contributed by atoms with E-state index in [1.165, 1.54) is 57.8 Å². The number of aliphatic hydroxyl groups is 1. The van der Waals surface area contributed by atoms with E-state index < -0.39 is 24.5 Å². The van der Waals surface area contributed by atoms with Crippen LogP contribution in [-0.4, -0.2) is 59.3 Å². The normalized spacial score (nSPS) is 12.9. The molecule has 0 saturated heterocycles. The number of hydrogen-bond acceptors (Lipinski definition) is 6. The van der Waals surface area contributed by atoms with Gasteiger partial charge in [-0.3, -0.25) is 14.4 Å². The molecule has 2 amide bonds. The van der Waals surface area contributed by atoms with E-state index in [1.807, 2.05) is 6.08 Å². The Balaban J connectivity index is 4.29. The molecule has 0 aliphatic carbocycles. The maximum atomic E-state index is 12.6. The topological polar surface area (TPSA) is 142 Å². The van der Waals surface area contributed by atoms with Crippen LogP contribution in [0.25, 0.3) is 0 Å². The molecule has 2 unspecified atom stereocenters. The lowest BCUT2D eigenvalue weighted by Gasteiger charge is -2.15. The van der Waals surface area contributed by atoms with Crippen LogP contribution in [0.3, 0.4) is 0 Å². The highest BCUT2D eigenvalue weighted by Gasteiger charge is 2.18. The number of nitrogens with one attached hydrogen (secondary N) is 2. The minimum Gasteiger partial charge on any atom is -0.480 e. The summed E-state index contributed by atoms with van der Waals surface area (Å²) in [6.45, 7) is 3.33. The molecule has 0 heterocycles. The summed E-state index contributed by atoms with van der Waals surface area (Å²) in [4.78, 5) is 47.2. The van der Waals surface area contributed by atoms with E-state index >= 15 is 0 Å². The highest BCUT2D eigenvalue weighted by atomic mass is 16.5. The number of hydrogen-bond donors (Lipinski definition) is 4. The van der Waals surface area contributed by atoms with E-state index in [4.69, 9.17) is 14.9 Å². The molecule has 2 atom stereocenters. The zero-order chi connectivity index (χ0) is 35.5. The molecule has 0 spiro atoms.